The molecular weight excluding hydrogens is 582 g/mol. The number of carbonyl (C=O) groups excluding carboxylic acids is 2. The van der Waals surface area contributed by atoms with Crippen molar-refractivity contribution >= 4 is 71.5 Å². The van der Waals surface area contributed by atoms with Gasteiger partial charge in [0.1, 0.15) is 5.75 Å². The van der Waals surface area contributed by atoms with Crippen molar-refractivity contribution in [3.63, 3.8) is 0 Å². The Morgan fingerprint density at radius 2 is 1.60 bits per heavy atom. The molecule has 3 N–H and O–H groups in total. The third-order valence-electron chi connectivity index (χ3n) is 3.95. The Bertz CT molecular complexity index is 1130. The molecule has 0 unspecified atom stereocenters. The Kier molecular flexibility index (Phi) is 7.41. The van der Waals surface area contributed by atoms with Crippen molar-refractivity contribution < 1.29 is 14.7 Å². The Balaban J connectivity index is 1.63. The summed E-state index contributed by atoms with van der Waals surface area (Å²) in [7, 11) is 0. The van der Waals surface area contributed by atoms with Crippen LogP contribution < -0.4 is 10.7 Å². The Morgan fingerprint density at radius 3 is 2.30 bits per heavy atom. The Morgan fingerprint density at radius 1 is 0.900 bits per heavy atom. The molecule has 2 amide bonds. The van der Waals surface area contributed by atoms with Crippen LogP contribution >= 0.6 is 47.8 Å². The van der Waals surface area contributed by atoms with Gasteiger partial charge in [0.2, 0.25) is 0 Å². The molecule has 0 spiro atoms. The quantitative estimate of drug-likeness (QED) is 0.261. The SMILES string of the molecule is O=C(N/N=C/c1cc(Br)cc(Br)c1O)c1ccc(NC(=O)c2ccccc2Br)cc1. The third kappa shape index (κ3) is 5.56. The normalized spacial score (nSPS) is 10.8. The van der Waals surface area contributed by atoms with Crippen LogP contribution in [-0.2, 0) is 0 Å². The fourth-order valence-corrected chi connectivity index (χ4v) is 4.18. The molecule has 0 aliphatic heterocycles. The van der Waals surface area contributed by atoms with Crippen LogP contribution in [0.1, 0.15) is 26.3 Å². The topological polar surface area (TPSA) is 90.8 Å². The highest BCUT2D eigenvalue weighted by atomic mass is 79.9. The van der Waals surface area contributed by atoms with Gasteiger partial charge in [-0.2, -0.15) is 5.10 Å². The van der Waals surface area contributed by atoms with E-state index in [1.165, 1.54) is 6.21 Å². The van der Waals surface area contributed by atoms with E-state index in [4.69, 9.17) is 0 Å². The van der Waals surface area contributed by atoms with Crippen LogP contribution in [-0.4, -0.2) is 23.1 Å². The number of anilines is 1. The minimum atomic E-state index is -0.427. The van der Waals surface area contributed by atoms with E-state index in [2.05, 4.69) is 63.6 Å². The number of phenolic OH excluding ortho intramolecular Hbond substituents is 1. The molecule has 0 saturated carbocycles. The molecule has 3 rings (SSSR count). The molecule has 0 heterocycles. The minimum Gasteiger partial charge on any atom is -0.506 e. The molecule has 6 nitrogen and oxygen atoms in total. The molecule has 0 aliphatic carbocycles. The average Bonchev–Trinajstić information content (AvgIpc) is 2.72. The van der Waals surface area contributed by atoms with Crippen LogP contribution in [0.2, 0.25) is 0 Å². The van der Waals surface area contributed by atoms with Crippen LogP contribution in [0.5, 0.6) is 5.75 Å². The zero-order chi connectivity index (χ0) is 21.7. The number of aromatic hydroxyl groups is 1. The fourth-order valence-electron chi connectivity index (χ4n) is 2.46. The lowest BCUT2D eigenvalue weighted by Crippen LogP contribution is -2.18. The van der Waals surface area contributed by atoms with Crippen LogP contribution in [0.3, 0.4) is 0 Å². The smallest absolute Gasteiger partial charge is 0.271 e. The zero-order valence-corrected chi connectivity index (χ0v) is 20.0. The van der Waals surface area contributed by atoms with E-state index in [1.807, 2.05) is 6.07 Å². The van der Waals surface area contributed by atoms with Gasteiger partial charge >= 0.3 is 0 Å². The molecule has 0 bridgehead atoms. The van der Waals surface area contributed by atoms with Gasteiger partial charge in [-0.15, -0.1) is 0 Å². The predicted molar refractivity (Wildman–Crippen MR) is 127 cm³/mol. The van der Waals surface area contributed by atoms with Crippen LogP contribution in [0.4, 0.5) is 5.69 Å². The zero-order valence-electron chi connectivity index (χ0n) is 15.2. The van der Waals surface area contributed by atoms with Crippen molar-refractivity contribution in [1.82, 2.24) is 5.43 Å². The van der Waals surface area contributed by atoms with E-state index in [9.17, 15) is 14.7 Å². The van der Waals surface area contributed by atoms with Gasteiger partial charge in [-0.05, 0) is 80.4 Å². The van der Waals surface area contributed by atoms with E-state index >= 15 is 0 Å². The van der Waals surface area contributed by atoms with Crippen molar-refractivity contribution in [2.45, 2.75) is 0 Å². The summed E-state index contributed by atoms with van der Waals surface area (Å²) in [6.07, 6.45) is 1.34. The predicted octanol–water partition coefficient (Wildman–Crippen LogP) is 5.70. The number of nitrogens with one attached hydrogen (secondary N) is 2. The first-order valence-corrected chi connectivity index (χ1v) is 10.9. The van der Waals surface area contributed by atoms with Crippen molar-refractivity contribution in [2.24, 2.45) is 5.10 Å². The Labute approximate surface area is 197 Å². The molecule has 0 atom stereocenters. The highest BCUT2D eigenvalue weighted by Gasteiger charge is 2.11. The summed E-state index contributed by atoms with van der Waals surface area (Å²) in [6.45, 7) is 0. The van der Waals surface area contributed by atoms with Gasteiger partial charge in [-0.3, -0.25) is 9.59 Å². The lowest BCUT2D eigenvalue weighted by Gasteiger charge is -2.07. The molecule has 0 radical (unpaired) electrons. The largest absolute Gasteiger partial charge is 0.506 e. The summed E-state index contributed by atoms with van der Waals surface area (Å²) in [4.78, 5) is 24.6. The number of rotatable bonds is 5. The molecule has 0 fully saturated rings. The fraction of sp³-hybridized carbons (Fsp3) is 0. The van der Waals surface area contributed by atoms with E-state index in [-0.39, 0.29) is 11.7 Å². The molecular formula is C21H14Br3N3O3. The lowest BCUT2D eigenvalue weighted by molar-refractivity contribution is 0.0954. The van der Waals surface area contributed by atoms with E-state index in [0.29, 0.717) is 31.3 Å². The van der Waals surface area contributed by atoms with Crippen LogP contribution in [0.25, 0.3) is 0 Å². The van der Waals surface area contributed by atoms with Gasteiger partial charge in [0.25, 0.3) is 11.8 Å². The molecule has 0 aliphatic rings. The first-order chi connectivity index (χ1) is 14.3. The second-order valence-corrected chi connectivity index (χ2v) is 8.66. The number of halogens is 3. The number of amides is 2. The second-order valence-electron chi connectivity index (χ2n) is 6.04. The summed E-state index contributed by atoms with van der Waals surface area (Å²) < 4.78 is 1.95. The summed E-state index contributed by atoms with van der Waals surface area (Å²) in [5.74, 6) is -0.672. The standard InChI is InChI=1S/C21H14Br3N3O3/c22-14-9-13(19(28)18(24)10-14)11-25-27-20(29)12-5-7-15(8-6-12)26-21(30)16-3-1-2-4-17(16)23/h1-11,28H,(H,26,30)(H,27,29)/b25-11+. The molecule has 3 aromatic rings. The van der Waals surface area contributed by atoms with Gasteiger partial charge in [-0.1, -0.05) is 28.1 Å². The molecule has 3 aromatic carbocycles. The summed E-state index contributed by atoms with van der Waals surface area (Å²) in [6, 6.07) is 16.9. The monoisotopic (exact) mass is 593 g/mol. The molecule has 30 heavy (non-hydrogen) atoms. The Hall–Kier alpha value is -2.49. The molecule has 0 saturated heterocycles. The van der Waals surface area contributed by atoms with Crippen LogP contribution in [0, 0.1) is 0 Å². The van der Waals surface area contributed by atoms with Crippen LogP contribution in [0.15, 0.2) is 79.2 Å². The highest BCUT2D eigenvalue weighted by Crippen LogP contribution is 2.30. The maximum atomic E-state index is 12.3. The number of hydrazone groups is 1. The number of hydrogen-bond acceptors (Lipinski definition) is 4. The minimum absolute atomic E-state index is 0.0151. The van der Waals surface area contributed by atoms with Gasteiger partial charge in [0.05, 0.1) is 16.3 Å². The number of carbonyl (C=O) groups is 2. The van der Waals surface area contributed by atoms with Gasteiger partial charge in [0.15, 0.2) is 0 Å². The molecule has 0 aromatic heterocycles. The van der Waals surface area contributed by atoms with Crippen molar-refractivity contribution in [2.75, 3.05) is 5.32 Å². The van der Waals surface area contributed by atoms with E-state index < -0.39 is 5.91 Å². The van der Waals surface area contributed by atoms with Gasteiger partial charge < -0.3 is 10.4 Å². The summed E-state index contributed by atoms with van der Waals surface area (Å²) in [5, 5.41) is 16.7. The number of benzene rings is 3. The first kappa shape index (κ1) is 22.2. The van der Waals surface area contributed by atoms with Gasteiger partial charge in [0, 0.05) is 25.8 Å². The number of phenols is 1. The average molecular weight is 596 g/mol. The van der Waals surface area contributed by atoms with Crippen molar-refractivity contribution in [3.8, 4) is 5.75 Å². The highest BCUT2D eigenvalue weighted by molar-refractivity contribution is 9.11. The summed E-state index contributed by atoms with van der Waals surface area (Å²) in [5.41, 5.74) is 4.27. The maximum Gasteiger partial charge on any atom is 0.271 e. The van der Waals surface area contributed by atoms with E-state index in [1.54, 1.807) is 54.6 Å². The second kappa shape index (κ2) is 10.0. The maximum absolute atomic E-state index is 12.3. The third-order valence-corrected chi connectivity index (χ3v) is 5.70. The first-order valence-electron chi connectivity index (χ1n) is 8.52. The number of hydrogen-bond donors (Lipinski definition) is 3. The lowest BCUT2D eigenvalue weighted by atomic mass is 10.1. The molecule has 9 heteroatoms. The van der Waals surface area contributed by atoms with E-state index in [0.717, 1.165) is 4.47 Å². The molecule has 152 valence electrons. The number of nitrogens with zero attached hydrogens (tertiary/aromatic N) is 1. The summed E-state index contributed by atoms with van der Waals surface area (Å²) >= 11 is 9.91. The van der Waals surface area contributed by atoms with Crippen molar-refractivity contribution in [3.05, 3.63) is 90.8 Å². The van der Waals surface area contributed by atoms with Crippen molar-refractivity contribution in [1.29, 1.82) is 0 Å². The van der Waals surface area contributed by atoms with Gasteiger partial charge in [-0.25, -0.2) is 5.43 Å².